The first-order chi connectivity index (χ1) is 10.7. The molecule has 110 valence electrons. The molecule has 0 bridgehead atoms. The zero-order valence-electron chi connectivity index (χ0n) is 12.0. The summed E-state index contributed by atoms with van der Waals surface area (Å²) in [7, 11) is 0. The van der Waals surface area contributed by atoms with Crippen LogP contribution < -0.4 is 5.32 Å². The van der Waals surface area contributed by atoms with E-state index in [-0.39, 0.29) is 11.9 Å². The highest BCUT2D eigenvalue weighted by atomic mass is 16.2. The summed E-state index contributed by atoms with van der Waals surface area (Å²) in [5, 5.41) is 2.35. The van der Waals surface area contributed by atoms with Gasteiger partial charge in [-0.25, -0.2) is 4.79 Å². The van der Waals surface area contributed by atoms with Crippen LogP contribution in [-0.4, -0.2) is 23.4 Å². The van der Waals surface area contributed by atoms with Crippen LogP contribution in [0.3, 0.4) is 0 Å². The molecule has 0 aromatic heterocycles. The third-order valence-electron chi connectivity index (χ3n) is 3.56. The van der Waals surface area contributed by atoms with Gasteiger partial charge in [0.05, 0.1) is 0 Å². The van der Waals surface area contributed by atoms with Crippen LogP contribution >= 0.6 is 0 Å². The fourth-order valence-electron chi connectivity index (χ4n) is 2.42. The van der Waals surface area contributed by atoms with Crippen molar-refractivity contribution >= 4 is 18.0 Å². The van der Waals surface area contributed by atoms with Gasteiger partial charge in [0.25, 0.3) is 5.91 Å². The zero-order chi connectivity index (χ0) is 15.4. The zero-order valence-corrected chi connectivity index (χ0v) is 12.0. The number of hydrogen-bond donors (Lipinski definition) is 1. The van der Waals surface area contributed by atoms with Crippen molar-refractivity contribution in [1.82, 2.24) is 10.2 Å². The molecule has 1 saturated heterocycles. The van der Waals surface area contributed by atoms with Crippen molar-refractivity contribution in [3.05, 3.63) is 77.5 Å². The van der Waals surface area contributed by atoms with Gasteiger partial charge in [0.1, 0.15) is 5.70 Å². The van der Waals surface area contributed by atoms with Crippen molar-refractivity contribution in [3.8, 4) is 0 Å². The van der Waals surface area contributed by atoms with Crippen LogP contribution in [0.15, 0.2) is 66.4 Å². The summed E-state index contributed by atoms with van der Waals surface area (Å²) in [4.78, 5) is 25.4. The minimum Gasteiger partial charge on any atom is -0.289 e. The number of rotatable bonds is 4. The average Bonchev–Trinajstić information content (AvgIpc) is 2.81. The van der Waals surface area contributed by atoms with E-state index >= 15 is 0 Å². The smallest absolute Gasteiger partial charge is 0.289 e. The van der Waals surface area contributed by atoms with Crippen molar-refractivity contribution in [1.29, 1.82) is 0 Å². The lowest BCUT2D eigenvalue weighted by Gasteiger charge is -2.15. The fourth-order valence-corrected chi connectivity index (χ4v) is 2.42. The van der Waals surface area contributed by atoms with Gasteiger partial charge in [-0.2, -0.15) is 0 Å². The summed E-state index contributed by atoms with van der Waals surface area (Å²) < 4.78 is 0. The van der Waals surface area contributed by atoms with Gasteiger partial charge in [0.15, 0.2) is 0 Å². The van der Waals surface area contributed by atoms with E-state index in [0.717, 1.165) is 11.1 Å². The predicted molar refractivity (Wildman–Crippen MR) is 84.8 cm³/mol. The molecule has 1 heterocycles. The first-order valence-electron chi connectivity index (χ1n) is 7.17. The molecule has 1 aliphatic heterocycles. The Hall–Kier alpha value is -2.88. The van der Waals surface area contributed by atoms with Gasteiger partial charge >= 0.3 is 6.03 Å². The van der Waals surface area contributed by atoms with Gasteiger partial charge in [-0.15, -0.1) is 0 Å². The molecule has 0 spiro atoms. The van der Waals surface area contributed by atoms with Crippen LogP contribution in [0.5, 0.6) is 0 Å². The fraction of sp³-hybridized carbons (Fsp3) is 0.111. The number of benzene rings is 2. The lowest BCUT2D eigenvalue weighted by molar-refractivity contribution is -0.116. The molecule has 3 rings (SSSR count). The van der Waals surface area contributed by atoms with Crippen LogP contribution in [0.2, 0.25) is 0 Å². The summed E-state index contributed by atoms with van der Waals surface area (Å²) in [5.41, 5.74) is 2.42. The van der Waals surface area contributed by atoms with Crippen molar-refractivity contribution in [2.75, 3.05) is 6.54 Å². The largest absolute Gasteiger partial charge is 0.329 e. The van der Waals surface area contributed by atoms with Crippen LogP contribution in [0.25, 0.3) is 6.08 Å². The Morgan fingerprint density at radius 1 is 0.909 bits per heavy atom. The second-order valence-corrected chi connectivity index (χ2v) is 5.09. The van der Waals surface area contributed by atoms with E-state index in [2.05, 4.69) is 5.32 Å². The van der Waals surface area contributed by atoms with E-state index in [9.17, 15) is 9.59 Å². The predicted octanol–water partition coefficient (Wildman–Crippen LogP) is 2.82. The molecule has 1 fully saturated rings. The highest BCUT2D eigenvalue weighted by Crippen LogP contribution is 2.17. The Balaban J connectivity index is 1.80. The number of carbonyl (C=O) groups excluding carboxylic acids is 2. The maximum Gasteiger partial charge on any atom is 0.329 e. The van der Waals surface area contributed by atoms with Crippen LogP contribution in [-0.2, 0) is 11.2 Å². The second-order valence-electron chi connectivity index (χ2n) is 5.09. The van der Waals surface area contributed by atoms with Crippen molar-refractivity contribution in [3.63, 3.8) is 0 Å². The standard InChI is InChI=1S/C18H16N2O2/c21-17-16(13-15-9-5-2-6-10-15)20(18(22)19-17)12-11-14-7-3-1-4-8-14/h1-10,13H,11-12H2,(H,19,21,22)/b16-13+. The van der Waals surface area contributed by atoms with Crippen LogP contribution in [0.4, 0.5) is 4.79 Å². The maximum absolute atomic E-state index is 12.0. The Labute approximate surface area is 129 Å². The van der Waals surface area contributed by atoms with E-state index in [4.69, 9.17) is 0 Å². The van der Waals surface area contributed by atoms with Gasteiger partial charge in [0, 0.05) is 6.54 Å². The molecule has 0 atom stereocenters. The summed E-state index contributed by atoms with van der Waals surface area (Å²) in [6.07, 6.45) is 2.44. The lowest BCUT2D eigenvalue weighted by Crippen LogP contribution is -2.29. The van der Waals surface area contributed by atoms with Crippen LogP contribution in [0.1, 0.15) is 11.1 Å². The number of urea groups is 1. The number of amides is 3. The highest BCUT2D eigenvalue weighted by molar-refractivity contribution is 6.13. The molecule has 4 nitrogen and oxygen atoms in total. The van der Waals surface area contributed by atoms with E-state index < -0.39 is 0 Å². The molecule has 0 aliphatic carbocycles. The Kier molecular flexibility index (Phi) is 4.01. The van der Waals surface area contributed by atoms with Crippen LogP contribution in [0, 0.1) is 0 Å². The number of hydrogen-bond acceptors (Lipinski definition) is 2. The van der Waals surface area contributed by atoms with Crippen molar-refractivity contribution in [2.45, 2.75) is 6.42 Å². The van der Waals surface area contributed by atoms with Gasteiger partial charge in [-0.1, -0.05) is 60.7 Å². The normalized spacial score (nSPS) is 16.2. The molecule has 1 aliphatic rings. The number of nitrogens with zero attached hydrogens (tertiary/aromatic N) is 1. The van der Waals surface area contributed by atoms with E-state index in [1.165, 1.54) is 4.90 Å². The third-order valence-corrected chi connectivity index (χ3v) is 3.56. The SMILES string of the molecule is O=C1NC(=O)N(CCc2ccccc2)/C1=C/c1ccccc1. The highest BCUT2D eigenvalue weighted by Gasteiger charge is 2.32. The van der Waals surface area contributed by atoms with E-state index in [1.54, 1.807) is 6.08 Å². The maximum atomic E-state index is 12.0. The van der Waals surface area contributed by atoms with E-state index in [0.29, 0.717) is 18.7 Å². The Morgan fingerprint density at radius 2 is 1.55 bits per heavy atom. The third kappa shape index (κ3) is 3.06. The molecule has 2 aromatic carbocycles. The first kappa shape index (κ1) is 14.1. The summed E-state index contributed by atoms with van der Waals surface area (Å²) >= 11 is 0. The van der Waals surface area contributed by atoms with Gasteiger partial charge in [-0.3, -0.25) is 15.0 Å². The summed E-state index contributed by atoms with van der Waals surface area (Å²) in [6, 6.07) is 19.1. The molecule has 0 radical (unpaired) electrons. The van der Waals surface area contributed by atoms with Gasteiger partial charge in [-0.05, 0) is 23.6 Å². The minimum absolute atomic E-state index is 0.345. The average molecular weight is 292 g/mol. The first-order valence-corrected chi connectivity index (χ1v) is 7.17. The van der Waals surface area contributed by atoms with Gasteiger partial charge < -0.3 is 0 Å². The monoisotopic (exact) mass is 292 g/mol. The molecule has 4 heteroatoms. The number of carbonyl (C=O) groups is 2. The van der Waals surface area contributed by atoms with Gasteiger partial charge in [0.2, 0.25) is 0 Å². The molecular weight excluding hydrogens is 276 g/mol. The van der Waals surface area contributed by atoms with E-state index in [1.807, 2.05) is 60.7 Å². The topological polar surface area (TPSA) is 49.4 Å². The Bertz CT molecular complexity index is 708. The van der Waals surface area contributed by atoms with Crippen molar-refractivity contribution < 1.29 is 9.59 Å². The lowest BCUT2D eigenvalue weighted by atomic mass is 10.1. The molecular formula is C18H16N2O2. The Morgan fingerprint density at radius 3 is 2.23 bits per heavy atom. The number of imide groups is 1. The molecule has 22 heavy (non-hydrogen) atoms. The quantitative estimate of drug-likeness (QED) is 0.696. The minimum atomic E-state index is -0.358. The molecule has 3 amide bonds. The molecule has 2 aromatic rings. The molecule has 0 saturated carbocycles. The molecule has 1 N–H and O–H groups in total. The second kappa shape index (κ2) is 6.26. The summed E-state index contributed by atoms with van der Waals surface area (Å²) in [6.45, 7) is 0.472. The number of nitrogens with one attached hydrogen (secondary N) is 1. The summed E-state index contributed by atoms with van der Waals surface area (Å²) in [5.74, 6) is -0.345. The molecule has 0 unspecified atom stereocenters. The van der Waals surface area contributed by atoms with Crippen molar-refractivity contribution in [2.24, 2.45) is 0 Å².